The minimum absolute atomic E-state index is 0.0499. The number of ether oxygens (including phenoxy) is 1. The molecule has 0 N–H and O–H groups in total. The Bertz CT molecular complexity index is 627. The van der Waals surface area contributed by atoms with Gasteiger partial charge in [0.1, 0.15) is 5.75 Å². The Hall–Kier alpha value is -2.09. The summed E-state index contributed by atoms with van der Waals surface area (Å²) >= 11 is 0. The van der Waals surface area contributed by atoms with Crippen LogP contribution in [0.1, 0.15) is 32.6 Å². The second-order valence-corrected chi connectivity index (χ2v) is 4.81. The number of carbonyl (C=O) groups excluding carboxylic acids is 1. The van der Waals surface area contributed by atoms with Gasteiger partial charge in [-0.1, -0.05) is 12.1 Å². The molecule has 2 aromatic rings. The van der Waals surface area contributed by atoms with Crippen LogP contribution in [0, 0.1) is 20.8 Å². The van der Waals surface area contributed by atoms with Gasteiger partial charge >= 0.3 is 0 Å². The summed E-state index contributed by atoms with van der Waals surface area (Å²) < 4.78 is 5.21. The summed E-state index contributed by atoms with van der Waals surface area (Å²) in [5.74, 6) is 0.852. The summed E-state index contributed by atoms with van der Waals surface area (Å²) in [6, 6.07) is 11.3. The fraction of sp³-hybridized carbons (Fsp3) is 0.235. The van der Waals surface area contributed by atoms with Gasteiger partial charge in [-0.3, -0.25) is 4.79 Å². The molecular weight excluding hydrogens is 236 g/mol. The van der Waals surface area contributed by atoms with Crippen molar-refractivity contribution in [3.8, 4) is 5.75 Å². The zero-order chi connectivity index (χ0) is 14.0. The molecule has 0 saturated heterocycles. The lowest BCUT2D eigenvalue weighted by atomic mass is 9.98. The highest BCUT2D eigenvalue weighted by molar-refractivity contribution is 6.09. The van der Waals surface area contributed by atoms with E-state index < -0.39 is 0 Å². The predicted molar refractivity (Wildman–Crippen MR) is 77.1 cm³/mol. The summed E-state index contributed by atoms with van der Waals surface area (Å²) in [6.45, 7) is 6.00. The van der Waals surface area contributed by atoms with Gasteiger partial charge in [0.2, 0.25) is 0 Å². The maximum absolute atomic E-state index is 12.4. The zero-order valence-electron chi connectivity index (χ0n) is 11.8. The molecule has 0 radical (unpaired) electrons. The number of aryl methyl sites for hydroxylation is 3. The number of ketones is 1. The number of carbonyl (C=O) groups is 1. The maximum atomic E-state index is 12.4. The van der Waals surface area contributed by atoms with Crippen molar-refractivity contribution >= 4 is 5.78 Å². The topological polar surface area (TPSA) is 26.3 Å². The number of hydrogen-bond donors (Lipinski definition) is 0. The molecule has 19 heavy (non-hydrogen) atoms. The third-order valence-electron chi connectivity index (χ3n) is 3.43. The number of hydrogen-bond acceptors (Lipinski definition) is 2. The zero-order valence-corrected chi connectivity index (χ0v) is 11.8. The molecule has 2 aromatic carbocycles. The number of benzene rings is 2. The van der Waals surface area contributed by atoms with Crippen LogP contribution in [0.2, 0.25) is 0 Å². The first-order valence-corrected chi connectivity index (χ1v) is 6.29. The van der Waals surface area contributed by atoms with Crippen molar-refractivity contribution in [1.82, 2.24) is 0 Å². The molecular formula is C17H18O2. The molecule has 0 aromatic heterocycles. The van der Waals surface area contributed by atoms with Crippen molar-refractivity contribution in [2.24, 2.45) is 0 Å². The Morgan fingerprint density at radius 1 is 0.842 bits per heavy atom. The highest BCUT2D eigenvalue weighted by Gasteiger charge is 2.11. The van der Waals surface area contributed by atoms with Gasteiger partial charge in [0.05, 0.1) is 7.11 Å². The van der Waals surface area contributed by atoms with Gasteiger partial charge in [0.15, 0.2) is 5.78 Å². The lowest BCUT2D eigenvalue weighted by molar-refractivity contribution is 0.103. The first kappa shape index (κ1) is 13.3. The molecule has 2 rings (SSSR count). The van der Waals surface area contributed by atoms with E-state index >= 15 is 0 Å². The minimum Gasteiger partial charge on any atom is -0.496 e. The summed E-state index contributed by atoms with van der Waals surface area (Å²) in [7, 11) is 1.63. The van der Waals surface area contributed by atoms with Crippen LogP contribution in [0.5, 0.6) is 5.75 Å². The van der Waals surface area contributed by atoms with E-state index in [0.717, 1.165) is 22.4 Å². The Balaban J connectivity index is 2.38. The molecule has 0 saturated carbocycles. The summed E-state index contributed by atoms with van der Waals surface area (Å²) in [6.07, 6.45) is 0. The predicted octanol–water partition coefficient (Wildman–Crippen LogP) is 3.85. The van der Waals surface area contributed by atoms with Gasteiger partial charge in [-0.15, -0.1) is 0 Å². The van der Waals surface area contributed by atoms with Crippen molar-refractivity contribution in [3.63, 3.8) is 0 Å². The maximum Gasteiger partial charge on any atom is 0.193 e. The van der Waals surface area contributed by atoms with Gasteiger partial charge in [-0.2, -0.15) is 0 Å². The second-order valence-electron chi connectivity index (χ2n) is 4.81. The highest BCUT2D eigenvalue weighted by atomic mass is 16.5. The molecule has 0 spiro atoms. The molecule has 0 aliphatic heterocycles. The average Bonchev–Trinajstić information content (AvgIpc) is 2.41. The van der Waals surface area contributed by atoms with Gasteiger partial charge in [-0.05, 0) is 61.7 Å². The lowest BCUT2D eigenvalue weighted by Crippen LogP contribution is -2.03. The normalized spacial score (nSPS) is 10.3. The summed E-state index contributed by atoms with van der Waals surface area (Å²) in [4.78, 5) is 12.4. The molecule has 0 aliphatic carbocycles. The van der Waals surface area contributed by atoms with Crippen molar-refractivity contribution < 1.29 is 9.53 Å². The fourth-order valence-corrected chi connectivity index (χ4v) is 2.07. The first-order valence-electron chi connectivity index (χ1n) is 6.29. The molecule has 0 unspecified atom stereocenters. The average molecular weight is 254 g/mol. The van der Waals surface area contributed by atoms with E-state index in [0.29, 0.717) is 5.56 Å². The fourth-order valence-electron chi connectivity index (χ4n) is 2.07. The Morgan fingerprint density at radius 2 is 1.42 bits per heavy atom. The van der Waals surface area contributed by atoms with Crippen molar-refractivity contribution in [2.45, 2.75) is 20.8 Å². The van der Waals surface area contributed by atoms with Gasteiger partial charge in [0, 0.05) is 11.1 Å². The molecule has 0 amide bonds. The Morgan fingerprint density at radius 3 is 1.95 bits per heavy atom. The molecule has 98 valence electrons. The monoisotopic (exact) mass is 254 g/mol. The van der Waals surface area contributed by atoms with Crippen molar-refractivity contribution in [2.75, 3.05) is 7.11 Å². The van der Waals surface area contributed by atoms with Gasteiger partial charge in [0.25, 0.3) is 0 Å². The van der Waals surface area contributed by atoms with Crippen LogP contribution >= 0.6 is 0 Å². The third kappa shape index (κ3) is 2.68. The largest absolute Gasteiger partial charge is 0.496 e. The first-order chi connectivity index (χ1) is 9.02. The lowest BCUT2D eigenvalue weighted by Gasteiger charge is -2.08. The van der Waals surface area contributed by atoms with E-state index in [1.54, 1.807) is 7.11 Å². The smallest absolute Gasteiger partial charge is 0.193 e. The standard InChI is InChI=1S/C17H18O2/c1-11-5-6-14(9-12(11)2)17(18)15-7-8-16(19-4)13(3)10-15/h5-10H,1-4H3. The van der Waals surface area contributed by atoms with E-state index in [9.17, 15) is 4.79 Å². The number of methoxy groups -OCH3 is 1. The molecule has 0 aliphatic rings. The van der Waals surface area contributed by atoms with Crippen LogP contribution in [-0.2, 0) is 0 Å². The van der Waals surface area contributed by atoms with Gasteiger partial charge in [-0.25, -0.2) is 0 Å². The van der Waals surface area contributed by atoms with Crippen LogP contribution in [0.25, 0.3) is 0 Å². The SMILES string of the molecule is COc1ccc(C(=O)c2ccc(C)c(C)c2)cc1C. The highest BCUT2D eigenvalue weighted by Crippen LogP contribution is 2.21. The summed E-state index contributed by atoms with van der Waals surface area (Å²) in [5, 5.41) is 0. The van der Waals surface area contributed by atoms with Crippen molar-refractivity contribution in [3.05, 3.63) is 64.2 Å². The van der Waals surface area contributed by atoms with Gasteiger partial charge < -0.3 is 4.74 Å². The van der Waals surface area contributed by atoms with E-state index in [-0.39, 0.29) is 5.78 Å². The number of rotatable bonds is 3. The molecule has 0 fully saturated rings. The van der Waals surface area contributed by atoms with E-state index in [2.05, 4.69) is 0 Å². The van der Waals surface area contributed by atoms with Crippen LogP contribution in [0.15, 0.2) is 36.4 Å². The molecule has 0 atom stereocenters. The summed E-state index contributed by atoms with van der Waals surface area (Å²) in [5.41, 5.74) is 4.73. The van der Waals surface area contributed by atoms with Crippen LogP contribution in [0.3, 0.4) is 0 Å². The van der Waals surface area contributed by atoms with Crippen LogP contribution < -0.4 is 4.74 Å². The molecule has 0 bridgehead atoms. The Kier molecular flexibility index (Phi) is 3.70. The molecule has 2 nitrogen and oxygen atoms in total. The minimum atomic E-state index is 0.0499. The van der Waals surface area contributed by atoms with E-state index in [1.807, 2.05) is 57.2 Å². The van der Waals surface area contributed by atoms with E-state index in [1.165, 1.54) is 5.56 Å². The molecule has 2 heteroatoms. The van der Waals surface area contributed by atoms with Crippen LogP contribution in [-0.4, -0.2) is 12.9 Å². The van der Waals surface area contributed by atoms with Crippen molar-refractivity contribution in [1.29, 1.82) is 0 Å². The quantitative estimate of drug-likeness (QED) is 0.778. The van der Waals surface area contributed by atoms with E-state index in [4.69, 9.17) is 4.74 Å². The Labute approximate surface area is 114 Å². The second kappa shape index (κ2) is 5.27. The van der Waals surface area contributed by atoms with Crippen LogP contribution in [0.4, 0.5) is 0 Å². The third-order valence-corrected chi connectivity index (χ3v) is 3.43. The molecule has 0 heterocycles.